The van der Waals surface area contributed by atoms with Crippen molar-refractivity contribution in [2.75, 3.05) is 65.0 Å². The molecule has 8 atom stereocenters. The molecule has 14 rings (SSSR count). The number of carboxylic acid groups (broad SMARTS) is 1. The van der Waals surface area contributed by atoms with E-state index in [1.807, 2.05) is 104 Å². The Kier molecular flexibility index (Phi) is 27.3. The second-order valence-corrected chi connectivity index (χ2v) is 31.8. The third-order valence-electron chi connectivity index (χ3n) is 20.7. The smallest absolute Gasteiger partial charge is 0.337 e. The van der Waals surface area contributed by atoms with Gasteiger partial charge in [0.15, 0.2) is 23.4 Å². The number of aromatic nitrogens is 1. The monoisotopic (exact) mass is 1470 g/mol. The van der Waals surface area contributed by atoms with Crippen LogP contribution in [0.4, 0.5) is 16.2 Å². The number of hydrogen-bond acceptors (Lipinski definition) is 17. The number of aromatic hydroxyl groups is 2. The van der Waals surface area contributed by atoms with Crippen LogP contribution in [0.3, 0.4) is 0 Å². The maximum Gasteiger partial charge on any atom is 0.337 e. The maximum absolute atomic E-state index is 12.7. The molecule has 7 aromatic rings. The molecule has 2 bridgehead atoms. The van der Waals surface area contributed by atoms with Gasteiger partial charge in [0, 0.05) is 76.7 Å². The van der Waals surface area contributed by atoms with E-state index >= 15 is 0 Å². The number of amides is 5. The number of carboxylic acids is 1. The number of barbiturate groups is 1. The lowest BCUT2D eigenvalue weighted by Gasteiger charge is -2.62. The molecule has 22 heteroatoms. The number of aliphatic hydroxyl groups is 1. The van der Waals surface area contributed by atoms with E-state index < -0.39 is 63.1 Å². The maximum atomic E-state index is 12.7. The molecule has 2 unspecified atom stereocenters. The van der Waals surface area contributed by atoms with Gasteiger partial charge in [0.25, 0.3) is 0 Å². The number of ether oxygens (including phenoxy) is 1. The number of likely N-dealkylation sites (N-methyl/N-ethyl adjacent to an activating group) is 1. The first-order chi connectivity index (χ1) is 50.2. The van der Waals surface area contributed by atoms with Crippen LogP contribution in [0, 0.1) is 23.2 Å². The van der Waals surface area contributed by atoms with Crippen molar-refractivity contribution in [2.45, 2.75) is 143 Å². The molecule has 4 aliphatic heterocycles. The van der Waals surface area contributed by atoms with Gasteiger partial charge in [-0.15, -0.1) is 6.58 Å². The Morgan fingerprint density at radius 1 is 0.800 bits per heavy atom. The van der Waals surface area contributed by atoms with E-state index in [9.17, 15) is 48.3 Å². The fraction of sp³-hybridized carbons (Fsp3) is 0.410. The molecule has 2 saturated carbocycles. The van der Waals surface area contributed by atoms with Crippen molar-refractivity contribution < 1.29 is 58.1 Å². The summed E-state index contributed by atoms with van der Waals surface area (Å²) in [5.74, 6) is 0.366. The number of nitrogens with two attached hydrogens (primary N) is 1. The number of phenols is 2. The van der Waals surface area contributed by atoms with Crippen LogP contribution < -0.4 is 26.0 Å². The van der Waals surface area contributed by atoms with Crippen molar-refractivity contribution in [2.24, 2.45) is 28.9 Å². The van der Waals surface area contributed by atoms with Crippen LogP contribution in [-0.4, -0.2) is 164 Å². The van der Waals surface area contributed by atoms with Crippen molar-refractivity contribution in [3.05, 3.63) is 216 Å². The zero-order valence-corrected chi connectivity index (χ0v) is 63.3. The third-order valence-corrected chi connectivity index (χ3v) is 23.5. The van der Waals surface area contributed by atoms with Crippen molar-refractivity contribution in [1.29, 1.82) is 0 Å². The van der Waals surface area contributed by atoms with E-state index in [-0.39, 0.29) is 46.5 Å². The highest BCUT2D eigenvalue weighted by Gasteiger charge is 2.73. The summed E-state index contributed by atoms with van der Waals surface area (Å²) in [5.41, 5.74) is 10.4. The number of ketones is 1. The summed E-state index contributed by atoms with van der Waals surface area (Å²) in [6.45, 7) is 18.2. The molecule has 105 heavy (non-hydrogen) atoms. The number of benzene rings is 6. The number of Topliss-reactive ketones (excluding diaryl/α,β-unsaturated/α-hetero) is 1. The highest BCUT2D eigenvalue weighted by atomic mass is 32.2. The highest BCUT2D eigenvalue weighted by Crippen LogP contribution is 2.65. The summed E-state index contributed by atoms with van der Waals surface area (Å²) < 4.78 is 18.4. The number of nitrogens with one attached hydrogen (secondary N) is 2. The second kappa shape index (κ2) is 35.8. The number of imide groups is 2. The minimum Gasteiger partial charge on any atom is -0.508 e. The fourth-order valence-electron chi connectivity index (χ4n) is 15.5. The number of nitrogens with zero attached hydrogens (tertiary/aromatic N) is 5. The molecule has 3 aliphatic carbocycles. The molecular formula is C83H102N8O12S2. The Hall–Kier alpha value is -9.03. The number of carbonyl (C=O) groups excluding carboxylic acids is 5. The molecule has 7 aliphatic rings. The number of rotatable bonds is 20. The topological polar surface area (TPSA) is 286 Å². The first-order valence-electron chi connectivity index (χ1n) is 36.1. The Morgan fingerprint density at radius 3 is 1.91 bits per heavy atom. The van der Waals surface area contributed by atoms with E-state index in [4.69, 9.17) is 15.6 Å². The van der Waals surface area contributed by atoms with Crippen LogP contribution in [0.5, 0.6) is 17.2 Å². The van der Waals surface area contributed by atoms with Crippen molar-refractivity contribution in [3.63, 3.8) is 0 Å². The van der Waals surface area contributed by atoms with Crippen LogP contribution in [0.15, 0.2) is 193 Å². The molecule has 1 spiro atoms. The first-order valence-corrected chi connectivity index (χ1v) is 38.3. The lowest BCUT2D eigenvalue weighted by molar-refractivity contribution is -0.188. The molecule has 5 amide bonds. The number of fused-ring (bicyclic) bond motifs is 2. The normalized spacial score (nSPS) is 20.9. The zero-order chi connectivity index (χ0) is 75.9. The van der Waals surface area contributed by atoms with Gasteiger partial charge in [0.05, 0.1) is 33.2 Å². The average Bonchev–Trinajstić information content (AvgIpc) is 1.59. The lowest BCUT2D eigenvalue weighted by atomic mass is 9.49. The minimum atomic E-state index is -1.36. The number of piperidine rings is 1. The number of carbonyl (C=O) groups is 6. The van der Waals surface area contributed by atoms with Gasteiger partial charge in [-0.25, -0.2) is 9.59 Å². The Labute approximate surface area is 624 Å². The number of pyridine rings is 1. The molecule has 558 valence electrons. The molecule has 0 radical (unpaired) electrons. The van der Waals surface area contributed by atoms with E-state index in [0.29, 0.717) is 48.6 Å². The van der Waals surface area contributed by atoms with Gasteiger partial charge in [0.2, 0.25) is 17.7 Å². The highest BCUT2D eigenvalue weighted by molar-refractivity contribution is 7.99. The number of aromatic carboxylic acids is 1. The fourth-order valence-corrected chi connectivity index (χ4v) is 18.0. The standard InChI is InChI=1S/C20H23NO4.C17H20N2S.C15H15NO2S.C14H23NO.C11H16N2O3.C6H5NO2/c22-13-4-3-12-9-15-20(24)6-5-14(23)18-19(20,16(12)17(13)25-18)7-8-21(15)10-11-1-2-11;1-13(18(2)3)12-19-14-8-4-6-10-16(14)20-17-11-7-5-9-15(17)19;16-14(17)11-19(18)15(12-7-3-1-4-8-12)13-9-5-2-6-10-13;1-5-14(11(2)10-15(3)4)12-7-6-8-13(16)9-12;1-4-5-11(6-7(2)3)8(14)12-10(16)13-9(11)15;8-6(9)5-2-1-3-7-4-5/h3-4,11,15,18,22,24H,1-2,5-10H2;4-11,13H,12H2,1-3H3;1-10,15H,11H2,(H2,16,17);6-9,11,14,16H,5,10H2,1-4H3;4,7H,1,5-6H2,2-3H3,(H2,12,13,14,15,16);1-4H,(H,8,9)/t15-,18+,19+,20-;;;11-,14+;;/m1..0../s1. The van der Waals surface area contributed by atoms with Gasteiger partial charge in [-0.05, 0) is 194 Å². The molecule has 4 fully saturated rings. The quantitative estimate of drug-likeness (QED) is 0.0276. The number of anilines is 2. The average molecular weight is 1470 g/mol. The summed E-state index contributed by atoms with van der Waals surface area (Å²) in [6.07, 6.45) is 10.4. The number of hydrogen-bond donors (Lipinski definition) is 7. The van der Waals surface area contributed by atoms with Crippen molar-refractivity contribution in [1.82, 2.24) is 30.3 Å². The summed E-state index contributed by atoms with van der Waals surface area (Å²) in [4.78, 5) is 84.2. The van der Waals surface area contributed by atoms with Crippen LogP contribution in [0.1, 0.15) is 135 Å². The van der Waals surface area contributed by atoms with Crippen molar-refractivity contribution in [3.8, 4) is 17.2 Å². The van der Waals surface area contributed by atoms with E-state index in [1.165, 1.54) is 64.1 Å². The first kappa shape index (κ1) is 80.1. The van der Waals surface area contributed by atoms with Gasteiger partial charge >= 0.3 is 12.0 Å². The predicted octanol–water partition coefficient (Wildman–Crippen LogP) is 12.6. The van der Waals surface area contributed by atoms with Crippen LogP contribution in [0.2, 0.25) is 0 Å². The minimum absolute atomic E-state index is 0.0454. The summed E-state index contributed by atoms with van der Waals surface area (Å²) >= 11 is 1.87. The lowest BCUT2D eigenvalue weighted by Crippen LogP contribution is -2.76. The Morgan fingerprint density at radius 2 is 1.40 bits per heavy atom. The Bertz CT molecular complexity index is 4100. The third kappa shape index (κ3) is 18.8. The number of phenolic OH excluding ortho intramolecular Hbond substituents is 2. The summed E-state index contributed by atoms with van der Waals surface area (Å²) in [6, 6.07) is 50.6. The zero-order valence-electron chi connectivity index (χ0n) is 61.7. The van der Waals surface area contributed by atoms with Gasteiger partial charge < -0.3 is 45.6 Å². The number of urea groups is 1. The van der Waals surface area contributed by atoms with Crippen LogP contribution >= 0.6 is 11.8 Å². The molecule has 1 aromatic heterocycles. The van der Waals surface area contributed by atoms with Gasteiger partial charge in [0.1, 0.15) is 16.9 Å². The van der Waals surface area contributed by atoms with E-state index in [2.05, 4.69) is 145 Å². The van der Waals surface area contributed by atoms with Crippen LogP contribution in [-0.2, 0) is 41.8 Å². The number of primary amides is 1. The molecular weight excluding hydrogens is 1370 g/mol. The predicted molar refractivity (Wildman–Crippen MR) is 412 cm³/mol. The molecule has 8 N–H and O–H groups in total. The van der Waals surface area contributed by atoms with Gasteiger partial charge in [-0.1, -0.05) is 149 Å². The van der Waals surface area contributed by atoms with Crippen LogP contribution in [0.25, 0.3) is 0 Å². The summed E-state index contributed by atoms with van der Waals surface area (Å²) in [7, 11) is 7.12. The van der Waals surface area contributed by atoms with Crippen molar-refractivity contribution >= 4 is 69.4 Å². The Balaban J connectivity index is 0.000000149. The number of para-hydroxylation sites is 2. The van der Waals surface area contributed by atoms with Gasteiger partial charge in [-0.2, -0.15) is 0 Å². The molecule has 6 aromatic carbocycles. The number of allylic oxidation sites excluding steroid dienone is 1. The summed E-state index contributed by atoms with van der Waals surface area (Å²) in [5, 5.41) is 44.1. The SMILES string of the molecule is C=CCC1(CC(C)C)C(=O)NC(=O)NC1=O.CC(CN1c2ccccc2Sc2ccccc21)N(C)C.CC[C@@H](c1cccc(O)c1)[C@@H](C)CN(C)C.NC(=O)CS(=O)C(c1ccccc1)c1ccccc1.O=C(O)c1cccnc1.O=C1CC[C@@]2(O)[C@H]3Cc4ccc(O)c5c4[C@@]2(CCN3CC2CC2)[C@H]1O5. The number of likely N-dealkylation sites (tertiary alicyclic amines) is 1. The molecule has 20 nitrogen and oxygen atoms in total. The van der Waals surface area contributed by atoms with Gasteiger partial charge in [-0.3, -0.25) is 43.9 Å². The van der Waals surface area contributed by atoms with E-state index in [1.54, 1.807) is 18.2 Å². The molecule has 2 saturated heterocycles. The largest absolute Gasteiger partial charge is 0.508 e. The van der Waals surface area contributed by atoms with E-state index in [0.717, 1.165) is 73.6 Å². The molecule has 5 heterocycles. The second-order valence-electron chi connectivity index (χ2n) is 29.2.